The molecule has 0 aromatic heterocycles. The Morgan fingerprint density at radius 1 is 1.00 bits per heavy atom. The molecule has 0 radical (unpaired) electrons. The summed E-state index contributed by atoms with van der Waals surface area (Å²) in [4.78, 5) is 0. The van der Waals surface area contributed by atoms with Crippen LogP contribution in [-0.4, -0.2) is 0 Å². The van der Waals surface area contributed by atoms with Crippen LogP contribution in [0.3, 0.4) is 0 Å². The molecule has 0 saturated heterocycles. The van der Waals surface area contributed by atoms with Crippen molar-refractivity contribution < 1.29 is 0 Å². The van der Waals surface area contributed by atoms with Gasteiger partial charge in [-0.1, -0.05) is 53.5 Å². The maximum absolute atomic E-state index is 6.20. The first-order valence-corrected chi connectivity index (χ1v) is 6.15. The molecule has 0 spiro atoms. The highest BCUT2D eigenvalue weighted by Crippen LogP contribution is 2.32. The second-order valence-corrected chi connectivity index (χ2v) is 4.82. The third-order valence-electron chi connectivity index (χ3n) is 2.68. The van der Waals surface area contributed by atoms with Crippen molar-refractivity contribution in [1.29, 1.82) is 0 Å². The molecule has 0 heterocycles. The Morgan fingerprint density at radius 2 is 1.71 bits per heavy atom. The lowest BCUT2D eigenvalue weighted by Crippen LogP contribution is -2.05. The summed E-state index contributed by atoms with van der Waals surface area (Å²) >= 11 is 12.3. The smallest absolute Gasteiger partial charge is 0.0484 e. The molecule has 2 aromatic rings. The molecule has 0 amide bonds. The van der Waals surface area contributed by atoms with Gasteiger partial charge in [0.15, 0.2) is 0 Å². The van der Waals surface area contributed by atoms with Gasteiger partial charge in [-0.3, -0.25) is 0 Å². The normalized spacial score (nSPS) is 12.5. The van der Waals surface area contributed by atoms with E-state index in [0.717, 1.165) is 21.7 Å². The molecule has 17 heavy (non-hydrogen) atoms. The number of hydrogen-bond acceptors (Lipinski definition) is 1. The zero-order chi connectivity index (χ0) is 12.4. The Balaban J connectivity index is 2.49. The first-order chi connectivity index (χ1) is 8.09. The van der Waals surface area contributed by atoms with Crippen LogP contribution in [-0.2, 0) is 0 Å². The van der Waals surface area contributed by atoms with Crippen LogP contribution in [0.2, 0.25) is 10.0 Å². The first-order valence-electron chi connectivity index (χ1n) is 5.39. The highest BCUT2D eigenvalue weighted by Gasteiger charge is 2.08. The number of nitrogens with two attached hydrogens (primary N) is 1. The molecule has 0 saturated carbocycles. The van der Waals surface area contributed by atoms with Gasteiger partial charge in [0.2, 0.25) is 0 Å². The second kappa shape index (κ2) is 5.09. The van der Waals surface area contributed by atoms with Crippen molar-refractivity contribution in [2.45, 2.75) is 13.0 Å². The molecule has 88 valence electrons. The molecule has 1 nitrogen and oxygen atoms in total. The van der Waals surface area contributed by atoms with Gasteiger partial charge in [0, 0.05) is 21.7 Å². The van der Waals surface area contributed by atoms with Crippen LogP contribution in [0.1, 0.15) is 18.5 Å². The van der Waals surface area contributed by atoms with E-state index in [4.69, 9.17) is 28.9 Å². The maximum atomic E-state index is 6.20. The molecule has 2 aromatic carbocycles. The van der Waals surface area contributed by atoms with Gasteiger partial charge in [-0.2, -0.15) is 0 Å². The minimum absolute atomic E-state index is 0.0669. The molecule has 0 bridgehead atoms. The average Bonchev–Trinajstić information content (AvgIpc) is 2.29. The van der Waals surface area contributed by atoms with Crippen molar-refractivity contribution in [3.05, 3.63) is 58.1 Å². The lowest BCUT2D eigenvalue weighted by molar-refractivity contribution is 0.819. The fourth-order valence-electron chi connectivity index (χ4n) is 1.76. The Hall–Kier alpha value is -1.02. The van der Waals surface area contributed by atoms with Gasteiger partial charge in [-0.25, -0.2) is 0 Å². The number of halogens is 2. The number of rotatable bonds is 2. The monoisotopic (exact) mass is 265 g/mol. The Bertz CT molecular complexity index is 535. The van der Waals surface area contributed by atoms with Gasteiger partial charge in [0.1, 0.15) is 0 Å². The molecule has 1 atom stereocenters. The standard InChI is InChI=1S/C14H13Cl2N/c1-9(17)11-7-6-10(8-14(11)16)12-4-2-3-5-13(12)15/h2-9H,17H2,1H3. The van der Waals surface area contributed by atoms with Crippen LogP contribution >= 0.6 is 23.2 Å². The molecule has 0 aliphatic heterocycles. The van der Waals surface area contributed by atoms with Crippen LogP contribution in [0.15, 0.2) is 42.5 Å². The molecule has 0 aliphatic rings. The Morgan fingerprint density at radius 3 is 2.29 bits per heavy atom. The summed E-state index contributed by atoms with van der Waals surface area (Å²) in [6, 6.07) is 13.5. The Kier molecular flexibility index (Phi) is 3.72. The fourth-order valence-corrected chi connectivity index (χ4v) is 2.36. The topological polar surface area (TPSA) is 26.0 Å². The van der Waals surface area contributed by atoms with Gasteiger partial charge in [0.05, 0.1) is 0 Å². The van der Waals surface area contributed by atoms with Gasteiger partial charge >= 0.3 is 0 Å². The molecular formula is C14H13Cl2N. The van der Waals surface area contributed by atoms with Gasteiger partial charge in [-0.15, -0.1) is 0 Å². The third kappa shape index (κ3) is 2.63. The van der Waals surface area contributed by atoms with Crippen molar-refractivity contribution in [1.82, 2.24) is 0 Å². The first kappa shape index (κ1) is 12.4. The summed E-state index contributed by atoms with van der Waals surface area (Å²) in [5, 5.41) is 1.40. The molecule has 2 rings (SSSR count). The van der Waals surface area contributed by atoms with E-state index in [9.17, 15) is 0 Å². The van der Waals surface area contributed by atoms with Crippen LogP contribution in [0.25, 0.3) is 11.1 Å². The molecule has 2 N–H and O–H groups in total. The molecule has 1 unspecified atom stereocenters. The van der Waals surface area contributed by atoms with Gasteiger partial charge < -0.3 is 5.73 Å². The Labute approximate surface area is 111 Å². The van der Waals surface area contributed by atoms with E-state index in [-0.39, 0.29) is 6.04 Å². The van der Waals surface area contributed by atoms with E-state index >= 15 is 0 Å². The summed E-state index contributed by atoms with van der Waals surface area (Å²) in [5.74, 6) is 0. The zero-order valence-electron chi connectivity index (χ0n) is 9.45. The van der Waals surface area contributed by atoms with E-state index in [1.807, 2.05) is 49.4 Å². The number of benzene rings is 2. The van der Waals surface area contributed by atoms with Crippen LogP contribution in [0.5, 0.6) is 0 Å². The van der Waals surface area contributed by atoms with Gasteiger partial charge in [-0.05, 0) is 30.2 Å². The van der Waals surface area contributed by atoms with Crippen LogP contribution < -0.4 is 5.73 Å². The van der Waals surface area contributed by atoms with Crippen LogP contribution in [0.4, 0.5) is 0 Å². The van der Waals surface area contributed by atoms with Crippen molar-refractivity contribution >= 4 is 23.2 Å². The molecular weight excluding hydrogens is 253 g/mol. The zero-order valence-corrected chi connectivity index (χ0v) is 11.0. The van der Waals surface area contributed by atoms with E-state index in [0.29, 0.717) is 5.02 Å². The summed E-state index contributed by atoms with van der Waals surface area (Å²) in [5.41, 5.74) is 8.75. The van der Waals surface area contributed by atoms with E-state index in [2.05, 4.69) is 0 Å². The summed E-state index contributed by atoms with van der Waals surface area (Å²) < 4.78 is 0. The van der Waals surface area contributed by atoms with Crippen molar-refractivity contribution in [3.63, 3.8) is 0 Å². The van der Waals surface area contributed by atoms with E-state index in [1.54, 1.807) is 0 Å². The highest BCUT2D eigenvalue weighted by atomic mass is 35.5. The van der Waals surface area contributed by atoms with E-state index in [1.165, 1.54) is 0 Å². The van der Waals surface area contributed by atoms with Crippen molar-refractivity contribution in [2.24, 2.45) is 5.73 Å². The number of hydrogen-bond donors (Lipinski definition) is 1. The third-order valence-corrected chi connectivity index (χ3v) is 3.33. The fraction of sp³-hybridized carbons (Fsp3) is 0.143. The SMILES string of the molecule is CC(N)c1ccc(-c2ccccc2Cl)cc1Cl. The maximum Gasteiger partial charge on any atom is 0.0484 e. The predicted molar refractivity (Wildman–Crippen MR) is 74.5 cm³/mol. The second-order valence-electron chi connectivity index (χ2n) is 4.00. The molecule has 0 fully saturated rings. The highest BCUT2D eigenvalue weighted by molar-refractivity contribution is 6.34. The largest absolute Gasteiger partial charge is 0.324 e. The minimum Gasteiger partial charge on any atom is -0.324 e. The van der Waals surface area contributed by atoms with Crippen molar-refractivity contribution in [2.75, 3.05) is 0 Å². The summed E-state index contributed by atoms with van der Waals surface area (Å²) in [6.07, 6.45) is 0. The van der Waals surface area contributed by atoms with Crippen LogP contribution in [0, 0.1) is 0 Å². The lowest BCUT2D eigenvalue weighted by atomic mass is 10.0. The minimum atomic E-state index is -0.0669. The molecule has 0 aliphatic carbocycles. The molecule has 3 heteroatoms. The summed E-state index contributed by atoms with van der Waals surface area (Å²) in [6.45, 7) is 1.91. The lowest BCUT2D eigenvalue weighted by Gasteiger charge is -2.11. The van der Waals surface area contributed by atoms with E-state index < -0.39 is 0 Å². The quantitative estimate of drug-likeness (QED) is 0.839. The van der Waals surface area contributed by atoms with Gasteiger partial charge in [0.25, 0.3) is 0 Å². The summed E-state index contributed by atoms with van der Waals surface area (Å²) in [7, 11) is 0. The predicted octanol–water partition coefficient (Wildman–Crippen LogP) is 4.68. The van der Waals surface area contributed by atoms with Crippen molar-refractivity contribution in [3.8, 4) is 11.1 Å². The average molecular weight is 266 g/mol.